The van der Waals surface area contributed by atoms with Crippen LogP contribution in [0.15, 0.2) is 28.7 Å². The summed E-state index contributed by atoms with van der Waals surface area (Å²) in [6.45, 7) is 6.08. The monoisotopic (exact) mass is 211 g/mol. The number of nitrogens with zero attached hydrogens (tertiary/aromatic N) is 1. The summed E-state index contributed by atoms with van der Waals surface area (Å²) in [5.74, 6) is 0.939. The molecule has 0 amide bonds. The Morgan fingerprint density at radius 1 is 1.06 bits per heavy atom. The van der Waals surface area contributed by atoms with Crippen LogP contribution >= 0.6 is 0 Å². The lowest BCUT2D eigenvalue weighted by Crippen LogP contribution is -1.87. The zero-order chi connectivity index (χ0) is 11.3. The van der Waals surface area contributed by atoms with E-state index in [0.29, 0.717) is 0 Å². The van der Waals surface area contributed by atoms with E-state index in [-0.39, 0.29) is 0 Å². The van der Waals surface area contributed by atoms with Gasteiger partial charge in [0.05, 0.1) is 5.52 Å². The Hall–Kier alpha value is -1.83. The Morgan fingerprint density at radius 3 is 2.69 bits per heavy atom. The lowest BCUT2D eigenvalue weighted by Gasteiger charge is -2.03. The third-order valence-electron chi connectivity index (χ3n) is 3.01. The molecule has 0 radical (unpaired) electrons. The van der Waals surface area contributed by atoms with Crippen LogP contribution in [0.4, 0.5) is 0 Å². The highest BCUT2D eigenvalue weighted by Crippen LogP contribution is 2.29. The number of benzene rings is 1. The normalized spacial score (nSPS) is 11.4. The van der Waals surface area contributed by atoms with Gasteiger partial charge in [-0.2, -0.15) is 0 Å². The van der Waals surface area contributed by atoms with Crippen LogP contribution in [0.1, 0.15) is 17.0 Å². The van der Waals surface area contributed by atoms with Crippen molar-refractivity contribution in [3.8, 4) is 0 Å². The van der Waals surface area contributed by atoms with Gasteiger partial charge in [-0.15, -0.1) is 0 Å². The standard InChI is InChI=1S/C14H13NO/c1-8-5-4-6-11-13(8)15-10(3)12-7-9(2)16-14(11)12/h4-7H,1-3H3. The molecule has 0 spiro atoms. The van der Waals surface area contributed by atoms with E-state index in [2.05, 4.69) is 30.1 Å². The van der Waals surface area contributed by atoms with Crippen LogP contribution in [-0.4, -0.2) is 4.98 Å². The predicted molar refractivity (Wildman–Crippen MR) is 65.7 cm³/mol. The molecule has 0 fully saturated rings. The highest BCUT2D eigenvalue weighted by Gasteiger charge is 2.10. The van der Waals surface area contributed by atoms with E-state index in [4.69, 9.17) is 4.42 Å². The largest absolute Gasteiger partial charge is 0.461 e. The topological polar surface area (TPSA) is 26.0 Å². The van der Waals surface area contributed by atoms with Gasteiger partial charge in [-0.05, 0) is 38.5 Å². The van der Waals surface area contributed by atoms with Crippen LogP contribution in [0.2, 0.25) is 0 Å². The first-order valence-electron chi connectivity index (χ1n) is 5.43. The quantitative estimate of drug-likeness (QED) is 0.563. The number of furan rings is 1. The minimum absolute atomic E-state index is 0.939. The van der Waals surface area contributed by atoms with E-state index >= 15 is 0 Å². The molecule has 2 heteroatoms. The Labute approximate surface area is 93.9 Å². The van der Waals surface area contributed by atoms with Crippen LogP contribution in [0, 0.1) is 20.8 Å². The molecule has 3 rings (SSSR count). The Bertz CT molecular complexity index is 695. The number of hydrogen-bond donors (Lipinski definition) is 0. The molecule has 0 aliphatic heterocycles. The number of rotatable bonds is 0. The predicted octanol–water partition coefficient (Wildman–Crippen LogP) is 3.91. The van der Waals surface area contributed by atoms with Gasteiger partial charge >= 0.3 is 0 Å². The van der Waals surface area contributed by atoms with Crippen molar-refractivity contribution < 1.29 is 4.42 Å². The minimum atomic E-state index is 0.939. The summed E-state index contributed by atoms with van der Waals surface area (Å²) in [5, 5.41) is 2.23. The van der Waals surface area contributed by atoms with Gasteiger partial charge in [0.2, 0.25) is 0 Å². The van der Waals surface area contributed by atoms with Gasteiger partial charge < -0.3 is 4.42 Å². The second-order valence-corrected chi connectivity index (χ2v) is 4.27. The van der Waals surface area contributed by atoms with Gasteiger partial charge in [0.25, 0.3) is 0 Å². The molecule has 0 N–H and O–H groups in total. The first-order valence-corrected chi connectivity index (χ1v) is 5.43. The van der Waals surface area contributed by atoms with Crippen LogP contribution in [0.5, 0.6) is 0 Å². The highest BCUT2D eigenvalue weighted by atomic mass is 16.3. The molecule has 0 aliphatic rings. The molecule has 0 saturated heterocycles. The van der Waals surface area contributed by atoms with Crippen molar-refractivity contribution in [2.75, 3.05) is 0 Å². The maximum atomic E-state index is 5.78. The molecule has 1 aromatic carbocycles. The summed E-state index contributed by atoms with van der Waals surface area (Å²) in [6.07, 6.45) is 0. The molecule has 80 valence electrons. The van der Waals surface area contributed by atoms with Crippen LogP contribution < -0.4 is 0 Å². The minimum Gasteiger partial charge on any atom is -0.461 e. The summed E-state index contributed by atoms with van der Waals surface area (Å²) in [7, 11) is 0. The molecule has 2 nitrogen and oxygen atoms in total. The number of pyridine rings is 1. The third-order valence-corrected chi connectivity index (χ3v) is 3.01. The van der Waals surface area contributed by atoms with Gasteiger partial charge in [0.1, 0.15) is 11.3 Å². The van der Waals surface area contributed by atoms with Crippen LogP contribution in [-0.2, 0) is 0 Å². The average Bonchev–Trinajstić information content (AvgIpc) is 2.63. The van der Waals surface area contributed by atoms with Crippen molar-refractivity contribution in [1.29, 1.82) is 0 Å². The van der Waals surface area contributed by atoms with Gasteiger partial charge in [0.15, 0.2) is 0 Å². The Balaban J connectivity index is 2.63. The number of para-hydroxylation sites is 1. The summed E-state index contributed by atoms with van der Waals surface area (Å²) < 4.78 is 5.78. The molecule has 0 bridgehead atoms. The number of hydrogen-bond acceptors (Lipinski definition) is 2. The molecule has 0 atom stereocenters. The molecule has 2 heterocycles. The maximum Gasteiger partial charge on any atom is 0.145 e. The first kappa shape index (κ1) is 9.40. The van der Waals surface area contributed by atoms with Gasteiger partial charge in [-0.3, -0.25) is 4.98 Å². The summed E-state index contributed by atoms with van der Waals surface area (Å²) >= 11 is 0. The van der Waals surface area contributed by atoms with E-state index < -0.39 is 0 Å². The number of fused-ring (bicyclic) bond motifs is 3. The molecular formula is C14H13NO. The molecule has 0 saturated carbocycles. The van der Waals surface area contributed by atoms with Crippen molar-refractivity contribution in [2.24, 2.45) is 0 Å². The SMILES string of the molecule is Cc1cc2c(C)nc3c(C)cccc3c2o1. The van der Waals surface area contributed by atoms with E-state index in [9.17, 15) is 0 Å². The molecule has 0 aliphatic carbocycles. The second kappa shape index (κ2) is 3.08. The van der Waals surface area contributed by atoms with E-state index in [1.807, 2.05) is 19.9 Å². The van der Waals surface area contributed by atoms with Gasteiger partial charge in [0, 0.05) is 16.5 Å². The number of aryl methyl sites for hydroxylation is 3. The number of aromatic nitrogens is 1. The lowest BCUT2D eigenvalue weighted by molar-refractivity contribution is 0.581. The summed E-state index contributed by atoms with van der Waals surface area (Å²) in [5.41, 5.74) is 4.23. The van der Waals surface area contributed by atoms with E-state index in [0.717, 1.165) is 33.3 Å². The summed E-state index contributed by atoms with van der Waals surface area (Å²) in [4.78, 5) is 4.66. The van der Waals surface area contributed by atoms with Crippen molar-refractivity contribution in [3.05, 3.63) is 41.3 Å². The van der Waals surface area contributed by atoms with Gasteiger partial charge in [-0.25, -0.2) is 0 Å². The van der Waals surface area contributed by atoms with Gasteiger partial charge in [-0.1, -0.05) is 12.1 Å². The average molecular weight is 211 g/mol. The zero-order valence-electron chi connectivity index (χ0n) is 9.66. The van der Waals surface area contributed by atoms with Crippen molar-refractivity contribution in [3.63, 3.8) is 0 Å². The van der Waals surface area contributed by atoms with Crippen molar-refractivity contribution in [2.45, 2.75) is 20.8 Å². The first-order chi connectivity index (χ1) is 7.66. The Morgan fingerprint density at radius 2 is 1.88 bits per heavy atom. The van der Waals surface area contributed by atoms with E-state index in [1.54, 1.807) is 0 Å². The Kier molecular flexibility index (Phi) is 1.81. The lowest BCUT2D eigenvalue weighted by atomic mass is 10.1. The molecular weight excluding hydrogens is 198 g/mol. The van der Waals surface area contributed by atoms with Crippen molar-refractivity contribution in [1.82, 2.24) is 4.98 Å². The smallest absolute Gasteiger partial charge is 0.145 e. The molecule has 0 unspecified atom stereocenters. The molecule has 3 aromatic rings. The second-order valence-electron chi connectivity index (χ2n) is 4.27. The maximum absolute atomic E-state index is 5.78. The molecule has 16 heavy (non-hydrogen) atoms. The van der Waals surface area contributed by atoms with Crippen LogP contribution in [0.25, 0.3) is 21.9 Å². The van der Waals surface area contributed by atoms with Crippen molar-refractivity contribution >= 4 is 21.9 Å². The zero-order valence-corrected chi connectivity index (χ0v) is 9.66. The van der Waals surface area contributed by atoms with E-state index in [1.165, 1.54) is 5.56 Å². The fourth-order valence-electron chi connectivity index (χ4n) is 2.20. The molecule has 2 aromatic heterocycles. The fraction of sp³-hybridized carbons (Fsp3) is 0.214. The van der Waals surface area contributed by atoms with Crippen LogP contribution in [0.3, 0.4) is 0 Å². The fourth-order valence-corrected chi connectivity index (χ4v) is 2.20. The highest BCUT2D eigenvalue weighted by molar-refractivity contribution is 6.04. The summed E-state index contributed by atoms with van der Waals surface area (Å²) in [6, 6.07) is 8.25. The third kappa shape index (κ3) is 1.16.